The van der Waals surface area contributed by atoms with Crippen LogP contribution in [-0.2, 0) is 16.6 Å². The zero-order valence-electron chi connectivity index (χ0n) is 14.8. The van der Waals surface area contributed by atoms with Gasteiger partial charge in [-0.2, -0.15) is 0 Å². The van der Waals surface area contributed by atoms with Crippen LogP contribution in [0.2, 0.25) is 5.02 Å². The van der Waals surface area contributed by atoms with Gasteiger partial charge in [0.15, 0.2) is 0 Å². The molecule has 0 spiro atoms. The molecule has 1 heterocycles. The number of aliphatic hydroxyl groups excluding tert-OH is 1. The Labute approximate surface area is 171 Å². The number of anilines is 1. The second kappa shape index (κ2) is 7.92. The number of amides is 1. The molecule has 3 rings (SSSR count). The number of aliphatic hydroxyl groups is 1. The summed E-state index contributed by atoms with van der Waals surface area (Å²) in [5.41, 5.74) is 8.33. The Hall–Kier alpha value is -2.39. The maximum Gasteiger partial charge on any atom is 0.259 e. The molecule has 0 saturated carbocycles. The Morgan fingerprint density at radius 1 is 1.14 bits per heavy atom. The zero-order valence-corrected chi connectivity index (χ0v) is 17.2. The average Bonchev–Trinajstić information content (AvgIpc) is 3.00. The molecule has 0 atom stereocenters. The molecular formula is C19H17ClN2O4S2. The number of thiophene rings is 1. The molecule has 1 amide bonds. The highest BCUT2D eigenvalue weighted by Gasteiger charge is 2.24. The van der Waals surface area contributed by atoms with E-state index >= 15 is 0 Å². The van der Waals surface area contributed by atoms with Gasteiger partial charge >= 0.3 is 0 Å². The zero-order chi connectivity index (χ0) is 20.5. The normalized spacial score (nSPS) is 11.4. The Balaban J connectivity index is 2.32. The van der Waals surface area contributed by atoms with E-state index in [1.54, 1.807) is 12.1 Å². The van der Waals surface area contributed by atoms with Gasteiger partial charge in [0.05, 0.1) is 18.6 Å². The highest BCUT2D eigenvalue weighted by molar-refractivity contribution is 7.92. The Bertz CT molecular complexity index is 1140. The van der Waals surface area contributed by atoms with Gasteiger partial charge in [-0.3, -0.25) is 9.52 Å². The van der Waals surface area contributed by atoms with E-state index < -0.39 is 15.9 Å². The van der Waals surface area contributed by atoms with Crippen LogP contribution in [0.1, 0.15) is 14.5 Å². The monoisotopic (exact) mass is 436 g/mol. The fourth-order valence-electron chi connectivity index (χ4n) is 2.96. The van der Waals surface area contributed by atoms with Crippen LogP contribution < -0.4 is 10.5 Å². The summed E-state index contributed by atoms with van der Waals surface area (Å²) in [6.07, 6.45) is 1.03. The Morgan fingerprint density at radius 2 is 1.82 bits per heavy atom. The molecule has 6 nitrogen and oxygen atoms in total. The van der Waals surface area contributed by atoms with E-state index in [1.165, 1.54) is 6.07 Å². The van der Waals surface area contributed by atoms with Crippen molar-refractivity contribution in [2.45, 2.75) is 6.61 Å². The molecule has 2 aromatic carbocycles. The SMILES string of the molecule is CS(=O)(=O)Nc1cc(Cl)cc(-c2c(C(N)=O)sc(CO)c2-c2ccccc2)c1. The first kappa shape index (κ1) is 20.3. The first-order chi connectivity index (χ1) is 13.2. The van der Waals surface area contributed by atoms with Crippen molar-refractivity contribution in [2.75, 3.05) is 11.0 Å². The predicted molar refractivity (Wildman–Crippen MR) is 113 cm³/mol. The van der Waals surface area contributed by atoms with E-state index in [4.69, 9.17) is 17.3 Å². The molecule has 0 saturated heterocycles. The summed E-state index contributed by atoms with van der Waals surface area (Å²) in [6, 6.07) is 13.9. The van der Waals surface area contributed by atoms with E-state index in [-0.39, 0.29) is 22.2 Å². The third kappa shape index (κ3) is 4.36. The molecule has 0 aliphatic heterocycles. The number of rotatable bonds is 6. The van der Waals surface area contributed by atoms with Crippen molar-refractivity contribution in [1.29, 1.82) is 0 Å². The number of hydrogen-bond acceptors (Lipinski definition) is 5. The molecule has 0 aliphatic rings. The van der Waals surface area contributed by atoms with Gasteiger partial charge in [-0.1, -0.05) is 41.9 Å². The molecular weight excluding hydrogens is 420 g/mol. The quantitative estimate of drug-likeness (QED) is 0.547. The third-order valence-electron chi connectivity index (χ3n) is 3.90. The minimum atomic E-state index is -3.52. The van der Waals surface area contributed by atoms with Crippen LogP contribution in [-0.4, -0.2) is 25.7 Å². The number of benzene rings is 2. The summed E-state index contributed by atoms with van der Waals surface area (Å²) in [6.45, 7) is -0.274. The van der Waals surface area contributed by atoms with Gasteiger partial charge in [0.2, 0.25) is 10.0 Å². The van der Waals surface area contributed by atoms with Crippen molar-refractivity contribution in [3.05, 3.63) is 63.3 Å². The van der Waals surface area contributed by atoms with Gasteiger partial charge < -0.3 is 10.8 Å². The maximum atomic E-state index is 12.1. The average molecular weight is 437 g/mol. The molecule has 0 unspecified atom stereocenters. The number of carbonyl (C=O) groups is 1. The number of primary amides is 1. The van der Waals surface area contributed by atoms with Gasteiger partial charge in [0.25, 0.3) is 5.91 Å². The highest BCUT2D eigenvalue weighted by atomic mass is 35.5. The van der Waals surface area contributed by atoms with Crippen molar-refractivity contribution in [3.8, 4) is 22.3 Å². The van der Waals surface area contributed by atoms with Crippen molar-refractivity contribution >= 4 is 44.6 Å². The lowest BCUT2D eigenvalue weighted by atomic mass is 9.94. The molecule has 28 heavy (non-hydrogen) atoms. The number of carbonyl (C=O) groups excluding carboxylic acids is 1. The van der Waals surface area contributed by atoms with Crippen LogP contribution in [0.5, 0.6) is 0 Å². The summed E-state index contributed by atoms with van der Waals surface area (Å²) in [4.78, 5) is 12.9. The molecule has 0 aliphatic carbocycles. The summed E-state index contributed by atoms with van der Waals surface area (Å²) < 4.78 is 25.6. The van der Waals surface area contributed by atoms with E-state index in [0.717, 1.165) is 23.2 Å². The summed E-state index contributed by atoms with van der Waals surface area (Å²) in [5, 5.41) is 10.1. The lowest BCUT2D eigenvalue weighted by Crippen LogP contribution is -2.11. The van der Waals surface area contributed by atoms with Crippen LogP contribution in [0.25, 0.3) is 22.3 Å². The topological polar surface area (TPSA) is 109 Å². The van der Waals surface area contributed by atoms with E-state index in [1.807, 2.05) is 30.3 Å². The molecule has 3 aromatic rings. The van der Waals surface area contributed by atoms with Gasteiger partial charge in [0, 0.05) is 21.0 Å². The minimum absolute atomic E-state index is 0.260. The van der Waals surface area contributed by atoms with Crippen LogP contribution in [0.4, 0.5) is 5.69 Å². The fraction of sp³-hybridized carbons (Fsp3) is 0.105. The second-order valence-corrected chi connectivity index (χ2v) is 9.39. The number of nitrogens with one attached hydrogen (secondary N) is 1. The smallest absolute Gasteiger partial charge is 0.259 e. The van der Waals surface area contributed by atoms with E-state index in [2.05, 4.69) is 4.72 Å². The third-order valence-corrected chi connectivity index (χ3v) is 5.91. The molecule has 0 radical (unpaired) electrons. The highest BCUT2D eigenvalue weighted by Crippen LogP contribution is 2.44. The summed E-state index contributed by atoms with van der Waals surface area (Å²) >= 11 is 7.31. The molecule has 1 aromatic heterocycles. The van der Waals surface area contributed by atoms with Crippen LogP contribution >= 0.6 is 22.9 Å². The lowest BCUT2D eigenvalue weighted by Gasteiger charge is -2.12. The number of hydrogen-bond donors (Lipinski definition) is 3. The maximum absolute atomic E-state index is 12.1. The lowest BCUT2D eigenvalue weighted by molar-refractivity contribution is 0.100. The molecule has 0 fully saturated rings. The standard InChI is InChI=1S/C19H17ClN2O4S2/c1-28(25,26)22-14-8-12(7-13(20)9-14)17-16(11-5-3-2-4-6-11)15(10-23)27-18(17)19(21)24/h2-9,22-23H,10H2,1H3,(H2,21,24). The van der Waals surface area contributed by atoms with Gasteiger partial charge in [-0.25, -0.2) is 8.42 Å². The summed E-state index contributed by atoms with van der Waals surface area (Å²) in [7, 11) is -3.52. The molecule has 9 heteroatoms. The van der Waals surface area contributed by atoms with Gasteiger partial charge in [-0.15, -0.1) is 11.3 Å². The number of halogens is 1. The summed E-state index contributed by atoms with van der Waals surface area (Å²) in [5.74, 6) is -0.644. The van der Waals surface area contributed by atoms with Crippen LogP contribution in [0.3, 0.4) is 0 Å². The van der Waals surface area contributed by atoms with E-state index in [0.29, 0.717) is 21.6 Å². The van der Waals surface area contributed by atoms with Gasteiger partial charge in [-0.05, 0) is 29.3 Å². The number of sulfonamides is 1. The fourth-order valence-corrected chi connectivity index (χ4v) is 4.79. The first-order valence-electron chi connectivity index (χ1n) is 8.10. The Morgan fingerprint density at radius 3 is 2.39 bits per heavy atom. The minimum Gasteiger partial charge on any atom is -0.391 e. The van der Waals surface area contributed by atoms with Crippen LogP contribution in [0, 0.1) is 0 Å². The molecule has 146 valence electrons. The van der Waals surface area contributed by atoms with Crippen molar-refractivity contribution < 1.29 is 18.3 Å². The van der Waals surface area contributed by atoms with E-state index in [9.17, 15) is 18.3 Å². The first-order valence-corrected chi connectivity index (χ1v) is 11.2. The Kier molecular flexibility index (Phi) is 5.76. The van der Waals surface area contributed by atoms with Crippen molar-refractivity contribution in [1.82, 2.24) is 0 Å². The largest absolute Gasteiger partial charge is 0.391 e. The predicted octanol–water partition coefficient (Wildman–Crippen LogP) is 3.70. The molecule has 4 N–H and O–H groups in total. The van der Waals surface area contributed by atoms with Crippen LogP contribution in [0.15, 0.2) is 48.5 Å². The van der Waals surface area contributed by atoms with Crippen molar-refractivity contribution in [2.24, 2.45) is 5.73 Å². The van der Waals surface area contributed by atoms with Crippen molar-refractivity contribution in [3.63, 3.8) is 0 Å². The molecule has 0 bridgehead atoms. The number of nitrogens with two attached hydrogens (primary N) is 1. The van der Waals surface area contributed by atoms with Gasteiger partial charge in [0.1, 0.15) is 4.88 Å². The second-order valence-electron chi connectivity index (χ2n) is 6.10.